The summed E-state index contributed by atoms with van der Waals surface area (Å²) in [4.78, 5) is 37.6. The maximum absolute atomic E-state index is 13.4. The van der Waals surface area contributed by atoms with Crippen molar-refractivity contribution in [2.24, 2.45) is 23.3 Å². The van der Waals surface area contributed by atoms with Gasteiger partial charge in [0.2, 0.25) is 5.78 Å². The lowest BCUT2D eigenvalue weighted by molar-refractivity contribution is -0.149. The topological polar surface area (TPSA) is 184 Å². The first-order valence-electron chi connectivity index (χ1n) is 9.57. The Morgan fingerprint density at radius 1 is 1.23 bits per heavy atom. The lowest BCUT2D eigenvalue weighted by atomic mass is 9.57. The van der Waals surface area contributed by atoms with Gasteiger partial charge in [-0.1, -0.05) is 5.92 Å². The van der Waals surface area contributed by atoms with Gasteiger partial charge in [-0.2, -0.15) is 0 Å². The third kappa shape index (κ3) is 2.55. The summed E-state index contributed by atoms with van der Waals surface area (Å²) < 4.78 is 0. The monoisotopic (exact) mass is 424 g/mol. The summed E-state index contributed by atoms with van der Waals surface area (Å²) in [6.07, 6.45) is 0.137. The second kappa shape index (κ2) is 6.70. The summed E-state index contributed by atoms with van der Waals surface area (Å²) in [6.45, 7) is 1.63. The van der Waals surface area contributed by atoms with Crippen molar-refractivity contribution < 1.29 is 34.8 Å². The van der Waals surface area contributed by atoms with Crippen LogP contribution in [0.15, 0.2) is 29.0 Å². The summed E-state index contributed by atoms with van der Waals surface area (Å²) in [5, 5.41) is 43.0. The van der Waals surface area contributed by atoms with Crippen LogP contribution in [-0.4, -0.2) is 49.5 Å². The molecule has 31 heavy (non-hydrogen) atoms. The van der Waals surface area contributed by atoms with E-state index in [2.05, 4.69) is 11.8 Å². The highest BCUT2D eigenvalue weighted by molar-refractivity contribution is 6.24. The lowest BCUT2D eigenvalue weighted by Crippen LogP contribution is -2.65. The van der Waals surface area contributed by atoms with Crippen LogP contribution in [0, 0.1) is 23.7 Å². The number of hydrogen-bond donors (Lipinski definition) is 6. The van der Waals surface area contributed by atoms with Crippen molar-refractivity contribution in [1.82, 2.24) is 0 Å². The molecule has 1 aromatic rings. The minimum absolute atomic E-state index is 0.0108. The Morgan fingerprint density at radius 2 is 1.90 bits per heavy atom. The fraction of sp³-hybridized carbons (Fsp3) is 0.318. The molecule has 1 amide bonds. The number of Topliss-reactive ketones (excluding diaryl/α,β-unsaturated/α-hetero) is 2. The number of aliphatic hydroxyl groups excluding tert-OH is 2. The van der Waals surface area contributed by atoms with Crippen LogP contribution in [-0.2, 0) is 20.8 Å². The quantitative estimate of drug-likeness (QED) is 0.263. The molecule has 4 rings (SSSR count). The third-order valence-electron chi connectivity index (χ3n) is 6.39. The second-order valence-electron chi connectivity index (χ2n) is 7.94. The second-order valence-corrected chi connectivity index (χ2v) is 7.94. The number of carbonyl (C=O) groups is 3. The van der Waals surface area contributed by atoms with E-state index in [9.17, 15) is 34.8 Å². The number of aromatic hydroxyl groups is 1. The van der Waals surface area contributed by atoms with Crippen LogP contribution >= 0.6 is 0 Å². The number of benzene rings is 1. The van der Waals surface area contributed by atoms with Gasteiger partial charge < -0.3 is 31.9 Å². The normalized spacial score (nSPS) is 29.6. The van der Waals surface area contributed by atoms with E-state index in [1.165, 1.54) is 6.07 Å². The molecule has 3 aliphatic rings. The zero-order valence-corrected chi connectivity index (χ0v) is 16.5. The van der Waals surface area contributed by atoms with Gasteiger partial charge >= 0.3 is 0 Å². The van der Waals surface area contributed by atoms with E-state index in [0.717, 1.165) is 0 Å². The Balaban J connectivity index is 1.98. The zero-order valence-electron chi connectivity index (χ0n) is 16.5. The Hall–Kier alpha value is -3.61. The fourth-order valence-corrected chi connectivity index (χ4v) is 4.97. The van der Waals surface area contributed by atoms with Crippen LogP contribution in [0.5, 0.6) is 5.75 Å². The number of aliphatic hydroxyl groups is 3. The minimum atomic E-state index is -2.70. The van der Waals surface area contributed by atoms with Crippen molar-refractivity contribution in [3.8, 4) is 17.6 Å². The van der Waals surface area contributed by atoms with Crippen molar-refractivity contribution in [1.29, 1.82) is 0 Å². The molecule has 1 aromatic carbocycles. The van der Waals surface area contributed by atoms with Gasteiger partial charge in [0.05, 0.1) is 11.6 Å². The molecule has 0 bridgehead atoms. The van der Waals surface area contributed by atoms with Crippen LogP contribution in [0.4, 0.5) is 0 Å². The first kappa shape index (κ1) is 20.7. The molecule has 0 radical (unpaired) electrons. The van der Waals surface area contributed by atoms with Gasteiger partial charge in [-0.3, -0.25) is 14.4 Å². The highest BCUT2D eigenvalue weighted by atomic mass is 16.3. The van der Waals surface area contributed by atoms with Gasteiger partial charge in [0.25, 0.3) is 5.91 Å². The molecule has 2 unspecified atom stereocenters. The highest BCUT2D eigenvalue weighted by Crippen LogP contribution is 2.51. The predicted octanol–water partition coefficient (Wildman–Crippen LogP) is -0.267. The number of rotatable bonds is 1. The standard InChI is InChI=1S/C22H20N2O7/c1-2-3-8-4-5-12(25)14-10(8)6-9-7-11-16(23)18(27)15(21(24)30)20(29)22(11,31)19(28)13(9)17(14)26/h4-5,9,11,16,25-26,29,31H,6-7,23H2,1H3,(H2,24,30)/t9?,11?,16-,22-/m0/s1. The molecular weight excluding hydrogens is 404 g/mol. The summed E-state index contributed by atoms with van der Waals surface area (Å²) in [7, 11) is 0. The first-order chi connectivity index (χ1) is 14.5. The van der Waals surface area contributed by atoms with E-state index in [1.807, 2.05) is 0 Å². The van der Waals surface area contributed by atoms with Gasteiger partial charge in [-0.05, 0) is 43.4 Å². The van der Waals surface area contributed by atoms with Crippen LogP contribution in [0.1, 0.15) is 30.0 Å². The molecular formula is C22H20N2O7. The highest BCUT2D eigenvalue weighted by Gasteiger charge is 2.63. The van der Waals surface area contributed by atoms with Gasteiger partial charge in [0.15, 0.2) is 11.4 Å². The van der Waals surface area contributed by atoms with Crippen LogP contribution in [0.2, 0.25) is 0 Å². The summed E-state index contributed by atoms with van der Waals surface area (Å²) in [5.74, 6) is -1.65. The molecule has 9 heteroatoms. The van der Waals surface area contributed by atoms with Crippen LogP contribution in [0.3, 0.4) is 0 Å². The summed E-state index contributed by atoms with van der Waals surface area (Å²) in [5.41, 5.74) is 8.35. The molecule has 8 N–H and O–H groups in total. The zero-order chi connectivity index (χ0) is 22.8. The summed E-state index contributed by atoms with van der Waals surface area (Å²) in [6, 6.07) is 1.46. The maximum Gasteiger partial charge on any atom is 0.255 e. The molecule has 4 atom stereocenters. The number of phenols is 1. The number of primary amides is 1. The molecule has 0 saturated heterocycles. The number of carbonyl (C=O) groups excluding carboxylic acids is 3. The summed E-state index contributed by atoms with van der Waals surface area (Å²) >= 11 is 0. The molecule has 3 aliphatic carbocycles. The smallest absolute Gasteiger partial charge is 0.255 e. The fourth-order valence-electron chi connectivity index (χ4n) is 4.97. The largest absolute Gasteiger partial charge is 0.508 e. The first-order valence-corrected chi connectivity index (χ1v) is 9.57. The minimum Gasteiger partial charge on any atom is -0.508 e. The third-order valence-corrected chi connectivity index (χ3v) is 6.39. The van der Waals surface area contributed by atoms with Crippen molar-refractivity contribution >= 4 is 23.2 Å². The lowest BCUT2D eigenvalue weighted by Gasteiger charge is -2.48. The van der Waals surface area contributed by atoms with Gasteiger partial charge in [0.1, 0.15) is 22.8 Å². The molecule has 160 valence electrons. The van der Waals surface area contributed by atoms with Gasteiger partial charge in [0, 0.05) is 17.1 Å². The molecule has 1 fully saturated rings. The Bertz CT molecular complexity index is 1200. The van der Waals surface area contributed by atoms with Crippen molar-refractivity contribution in [2.45, 2.75) is 31.4 Å². The van der Waals surface area contributed by atoms with E-state index in [4.69, 9.17) is 11.5 Å². The molecule has 0 spiro atoms. The average molecular weight is 424 g/mol. The van der Waals surface area contributed by atoms with Gasteiger partial charge in [-0.15, -0.1) is 5.92 Å². The van der Waals surface area contributed by atoms with E-state index in [1.54, 1.807) is 13.0 Å². The molecule has 1 saturated carbocycles. The number of amides is 1. The Labute approximate surface area is 176 Å². The number of hydrogen-bond acceptors (Lipinski definition) is 8. The molecule has 0 heterocycles. The number of phenolic OH excluding ortho intramolecular Hbond substituents is 1. The number of ketones is 2. The average Bonchev–Trinajstić information content (AvgIpc) is 2.70. The molecule has 9 nitrogen and oxygen atoms in total. The van der Waals surface area contributed by atoms with E-state index in [0.29, 0.717) is 11.1 Å². The Kier molecular flexibility index (Phi) is 4.46. The van der Waals surface area contributed by atoms with E-state index >= 15 is 0 Å². The van der Waals surface area contributed by atoms with Crippen LogP contribution < -0.4 is 11.5 Å². The van der Waals surface area contributed by atoms with E-state index in [-0.39, 0.29) is 29.7 Å². The maximum atomic E-state index is 13.4. The molecule has 0 aromatic heterocycles. The Morgan fingerprint density at radius 3 is 2.52 bits per heavy atom. The van der Waals surface area contributed by atoms with E-state index < -0.39 is 58.0 Å². The number of nitrogens with two attached hydrogens (primary N) is 2. The van der Waals surface area contributed by atoms with Gasteiger partial charge in [-0.25, -0.2) is 0 Å². The van der Waals surface area contributed by atoms with Crippen molar-refractivity contribution in [2.75, 3.05) is 0 Å². The predicted molar refractivity (Wildman–Crippen MR) is 107 cm³/mol. The molecule has 0 aliphatic heterocycles. The van der Waals surface area contributed by atoms with Crippen LogP contribution in [0.25, 0.3) is 5.76 Å². The van der Waals surface area contributed by atoms with Crippen molar-refractivity contribution in [3.63, 3.8) is 0 Å². The number of fused-ring (bicyclic) bond motifs is 3. The SMILES string of the molecule is CC#Cc1ccc(O)c2c1CC1CC3[C@H](N)C(=O)C(C(N)=O)=C(O)[C@@]3(O)C(=O)C1=C2O. The van der Waals surface area contributed by atoms with Crippen molar-refractivity contribution in [3.05, 3.63) is 45.7 Å².